The summed E-state index contributed by atoms with van der Waals surface area (Å²) in [5.41, 5.74) is 2.15. The molecule has 0 fully saturated rings. The van der Waals surface area contributed by atoms with E-state index in [1.807, 2.05) is 18.3 Å². The van der Waals surface area contributed by atoms with Gasteiger partial charge in [0.2, 0.25) is 0 Å². The molecule has 74 valence electrons. The van der Waals surface area contributed by atoms with E-state index in [9.17, 15) is 0 Å². The number of rotatable bonds is 2. The summed E-state index contributed by atoms with van der Waals surface area (Å²) in [7, 11) is 1.65. The van der Waals surface area contributed by atoms with Gasteiger partial charge in [-0.2, -0.15) is 0 Å². The molecule has 1 aromatic carbocycles. The van der Waals surface area contributed by atoms with Gasteiger partial charge in [-0.15, -0.1) is 11.6 Å². The molecule has 1 heterocycles. The molecule has 14 heavy (non-hydrogen) atoms. The summed E-state index contributed by atoms with van der Waals surface area (Å²) >= 11 is 9.24. The summed E-state index contributed by atoms with van der Waals surface area (Å²) in [6.07, 6.45) is 1.92. The number of halogens is 2. The van der Waals surface area contributed by atoms with Gasteiger partial charge in [-0.25, -0.2) is 0 Å². The molecule has 2 nitrogen and oxygen atoms in total. The maximum atomic E-state index is 5.81. The number of aromatic nitrogens is 1. The van der Waals surface area contributed by atoms with Gasteiger partial charge < -0.3 is 9.72 Å². The normalized spacial score (nSPS) is 10.8. The second kappa shape index (κ2) is 3.83. The SMILES string of the molecule is COc1cc2c(CCl)c[nH]c2cc1Br. The van der Waals surface area contributed by atoms with Gasteiger partial charge in [-0.05, 0) is 33.6 Å². The van der Waals surface area contributed by atoms with Crippen molar-refractivity contribution in [1.82, 2.24) is 4.98 Å². The number of hydrogen-bond donors (Lipinski definition) is 1. The van der Waals surface area contributed by atoms with Gasteiger partial charge in [0, 0.05) is 23.0 Å². The average Bonchev–Trinajstić information content (AvgIpc) is 2.58. The minimum atomic E-state index is 0.505. The van der Waals surface area contributed by atoms with E-state index in [1.54, 1.807) is 7.11 Å². The molecule has 0 aliphatic heterocycles. The van der Waals surface area contributed by atoms with E-state index in [1.165, 1.54) is 0 Å². The molecule has 0 unspecified atom stereocenters. The molecule has 0 aliphatic rings. The van der Waals surface area contributed by atoms with Crippen LogP contribution in [-0.4, -0.2) is 12.1 Å². The largest absolute Gasteiger partial charge is 0.496 e. The van der Waals surface area contributed by atoms with Gasteiger partial charge >= 0.3 is 0 Å². The Morgan fingerprint density at radius 2 is 2.29 bits per heavy atom. The van der Waals surface area contributed by atoms with Crippen LogP contribution in [0.2, 0.25) is 0 Å². The van der Waals surface area contributed by atoms with Crippen LogP contribution < -0.4 is 4.74 Å². The summed E-state index contributed by atoms with van der Waals surface area (Å²) in [4.78, 5) is 3.16. The van der Waals surface area contributed by atoms with E-state index in [0.29, 0.717) is 5.88 Å². The van der Waals surface area contributed by atoms with E-state index < -0.39 is 0 Å². The van der Waals surface area contributed by atoms with Crippen LogP contribution in [0.4, 0.5) is 0 Å². The quantitative estimate of drug-likeness (QED) is 0.830. The zero-order valence-electron chi connectivity index (χ0n) is 7.60. The third-order valence-corrected chi connectivity index (χ3v) is 3.09. The lowest BCUT2D eigenvalue weighted by Crippen LogP contribution is -1.84. The first kappa shape index (κ1) is 9.87. The standard InChI is InChI=1S/C10H9BrClNO/c1-14-10-2-7-6(4-12)5-13-9(7)3-8(10)11/h2-3,5,13H,4H2,1H3. The lowest BCUT2D eigenvalue weighted by molar-refractivity contribution is 0.413. The predicted octanol–water partition coefficient (Wildman–Crippen LogP) is 3.68. The van der Waals surface area contributed by atoms with Crippen LogP contribution in [0.15, 0.2) is 22.8 Å². The molecule has 4 heteroatoms. The number of nitrogens with one attached hydrogen (secondary N) is 1. The Morgan fingerprint density at radius 3 is 2.93 bits per heavy atom. The molecular weight excluding hydrogens is 265 g/mol. The highest BCUT2D eigenvalue weighted by Gasteiger charge is 2.07. The molecule has 0 amide bonds. The minimum absolute atomic E-state index is 0.505. The third kappa shape index (κ3) is 1.51. The lowest BCUT2D eigenvalue weighted by atomic mass is 10.2. The number of benzene rings is 1. The van der Waals surface area contributed by atoms with Crippen LogP contribution in [0.1, 0.15) is 5.56 Å². The van der Waals surface area contributed by atoms with Crippen LogP contribution in [0.3, 0.4) is 0 Å². The molecule has 0 aliphatic carbocycles. The van der Waals surface area contributed by atoms with Gasteiger partial charge in [0.1, 0.15) is 5.75 Å². The van der Waals surface area contributed by atoms with E-state index in [2.05, 4.69) is 20.9 Å². The number of fused-ring (bicyclic) bond motifs is 1. The molecule has 1 aromatic heterocycles. The predicted molar refractivity (Wildman–Crippen MR) is 62.1 cm³/mol. The molecule has 0 spiro atoms. The van der Waals surface area contributed by atoms with Gasteiger partial charge in [0.25, 0.3) is 0 Å². The number of alkyl halides is 1. The van der Waals surface area contributed by atoms with Gasteiger partial charge in [-0.3, -0.25) is 0 Å². The molecule has 0 radical (unpaired) electrons. The summed E-state index contributed by atoms with van der Waals surface area (Å²) in [6, 6.07) is 3.97. The fourth-order valence-electron chi connectivity index (χ4n) is 1.45. The van der Waals surface area contributed by atoms with Gasteiger partial charge in [0.05, 0.1) is 11.6 Å². The summed E-state index contributed by atoms with van der Waals surface area (Å²) < 4.78 is 6.16. The fraction of sp³-hybridized carbons (Fsp3) is 0.200. The van der Waals surface area contributed by atoms with Crippen molar-refractivity contribution in [3.63, 3.8) is 0 Å². The number of H-pyrrole nitrogens is 1. The molecule has 2 rings (SSSR count). The first-order valence-electron chi connectivity index (χ1n) is 4.15. The van der Waals surface area contributed by atoms with Crippen molar-refractivity contribution in [2.75, 3.05) is 7.11 Å². The molecule has 1 N–H and O–H groups in total. The lowest BCUT2D eigenvalue weighted by Gasteiger charge is -2.03. The molecule has 0 saturated carbocycles. The number of methoxy groups -OCH3 is 1. The van der Waals surface area contributed by atoms with E-state index >= 15 is 0 Å². The Labute approximate surface area is 95.3 Å². The van der Waals surface area contributed by atoms with Crippen molar-refractivity contribution >= 4 is 38.4 Å². The maximum Gasteiger partial charge on any atom is 0.133 e. The van der Waals surface area contributed by atoms with Crippen molar-refractivity contribution in [3.05, 3.63) is 28.4 Å². The van der Waals surface area contributed by atoms with Gasteiger partial charge in [0.15, 0.2) is 0 Å². The Kier molecular flexibility index (Phi) is 2.70. The van der Waals surface area contributed by atoms with Crippen molar-refractivity contribution in [2.24, 2.45) is 0 Å². The zero-order valence-corrected chi connectivity index (χ0v) is 9.95. The highest BCUT2D eigenvalue weighted by molar-refractivity contribution is 9.10. The Hall–Kier alpha value is -0.670. The number of hydrogen-bond acceptors (Lipinski definition) is 1. The molecule has 0 bridgehead atoms. The molecule has 0 atom stereocenters. The summed E-state index contributed by atoms with van der Waals surface area (Å²) in [6.45, 7) is 0. The van der Waals surface area contributed by atoms with Crippen molar-refractivity contribution < 1.29 is 4.74 Å². The van der Waals surface area contributed by atoms with E-state index in [0.717, 1.165) is 26.7 Å². The van der Waals surface area contributed by atoms with Gasteiger partial charge in [-0.1, -0.05) is 0 Å². The fourth-order valence-corrected chi connectivity index (χ4v) is 2.17. The highest BCUT2D eigenvalue weighted by atomic mass is 79.9. The monoisotopic (exact) mass is 273 g/mol. The molecular formula is C10H9BrClNO. The number of aromatic amines is 1. The average molecular weight is 275 g/mol. The summed E-state index contributed by atoms with van der Waals surface area (Å²) in [5.74, 6) is 1.33. The van der Waals surface area contributed by atoms with Crippen molar-refractivity contribution in [1.29, 1.82) is 0 Å². The Balaban J connectivity index is 2.70. The smallest absolute Gasteiger partial charge is 0.133 e. The Bertz CT molecular complexity index is 466. The second-order valence-electron chi connectivity index (χ2n) is 2.98. The first-order valence-corrected chi connectivity index (χ1v) is 5.48. The highest BCUT2D eigenvalue weighted by Crippen LogP contribution is 2.31. The summed E-state index contributed by atoms with van der Waals surface area (Å²) in [5, 5.41) is 1.11. The molecule has 0 saturated heterocycles. The Morgan fingerprint density at radius 1 is 1.50 bits per heavy atom. The zero-order chi connectivity index (χ0) is 10.1. The topological polar surface area (TPSA) is 25.0 Å². The second-order valence-corrected chi connectivity index (χ2v) is 4.10. The minimum Gasteiger partial charge on any atom is -0.496 e. The van der Waals surface area contributed by atoms with Crippen LogP contribution in [0.25, 0.3) is 10.9 Å². The number of ether oxygens (including phenoxy) is 1. The maximum absolute atomic E-state index is 5.81. The van der Waals surface area contributed by atoms with Crippen LogP contribution in [0.5, 0.6) is 5.75 Å². The first-order chi connectivity index (χ1) is 6.76. The van der Waals surface area contributed by atoms with Crippen LogP contribution >= 0.6 is 27.5 Å². The van der Waals surface area contributed by atoms with E-state index in [4.69, 9.17) is 16.3 Å². The van der Waals surface area contributed by atoms with Crippen molar-refractivity contribution in [3.8, 4) is 5.75 Å². The third-order valence-electron chi connectivity index (χ3n) is 2.18. The van der Waals surface area contributed by atoms with E-state index in [-0.39, 0.29) is 0 Å². The van der Waals surface area contributed by atoms with Crippen LogP contribution in [-0.2, 0) is 5.88 Å². The van der Waals surface area contributed by atoms with Crippen molar-refractivity contribution in [2.45, 2.75) is 5.88 Å². The van der Waals surface area contributed by atoms with Crippen LogP contribution in [0, 0.1) is 0 Å². The molecule has 2 aromatic rings.